The van der Waals surface area contributed by atoms with Crippen LogP contribution in [0.4, 0.5) is 0 Å². The maximum Gasteiger partial charge on any atom is 0.225 e. The smallest absolute Gasteiger partial charge is 0.225 e. The number of rotatable bonds is 5. The van der Waals surface area contributed by atoms with Crippen molar-refractivity contribution in [1.29, 1.82) is 0 Å². The van der Waals surface area contributed by atoms with Crippen LogP contribution < -0.4 is 0 Å². The second-order valence-corrected chi connectivity index (χ2v) is 7.35. The van der Waals surface area contributed by atoms with Crippen LogP contribution in [0.15, 0.2) is 65.7 Å². The van der Waals surface area contributed by atoms with Gasteiger partial charge >= 0.3 is 0 Å². The van der Waals surface area contributed by atoms with Crippen LogP contribution in [-0.4, -0.2) is 35.6 Å². The van der Waals surface area contributed by atoms with Gasteiger partial charge < -0.3 is 4.90 Å². The minimum absolute atomic E-state index is 0.0445. The molecule has 0 fully saturated rings. The third kappa shape index (κ3) is 4.02. The van der Waals surface area contributed by atoms with Crippen molar-refractivity contribution in [2.24, 2.45) is 5.92 Å². The summed E-state index contributed by atoms with van der Waals surface area (Å²) < 4.78 is 0. The lowest BCUT2D eigenvalue weighted by atomic mass is 10.1. The van der Waals surface area contributed by atoms with Crippen molar-refractivity contribution in [2.75, 3.05) is 19.8 Å². The molecule has 1 unspecified atom stereocenters. The predicted octanol–water partition coefficient (Wildman–Crippen LogP) is 4.72. The minimum Gasteiger partial charge on any atom is -0.349 e. The quantitative estimate of drug-likeness (QED) is 0.624. The normalized spacial score (nSPS) is 12.1. The lowest BCUT2D eigenvalue weighted by molar-refractivity contribution is -0.131. The molecule has 0 bridgehead atoms. The number of fused-ring (bicyclic) bond motifs is 1. The molecule has 3 rings (SSSR count). The Bertz CT molecular complexity index is 877. The average Bonchev–Trinajstić information content (AvgIpc) is 2.65. The monoisotopic (exact) mass is 350 g/mol. The number of para-hydroxylation sites is 1. The number of aromatic nitrogens is 1. The van der Waals surface area contributed by atoms with E-state index in [1.807, 2.05) is 43.3 Å². The van der Waals surface area contributed by atoms with E-state index in [1.54, 1.807) is 30.8 Å². The standard InChI is InChI=1S/C21H22N2OS/c1-15(21(24)23(2)3)14-25-20-18(16-9-5-4-6-10-16)13-17-11-7-8-12-19(17)22-20/h4-13,15H,14H2,1-3H3. The Labute approximate surface area is 153 Å². The molecule has 0 N–H and O–H groups in total. The first kappa shape index (κ1) is 17.5. The molecule has 3 nitrogen and oxygen atoms in total. The van der Waals surface area contributed by atoms with Gasteiger partial charge in [0.25, 0.3) is 0 Å². The summed E-state index contributed by atoms with van der Waals surface area (Å²) in [5.41, 5.74) is 3.25. The highest BCUT2D eigenvalue weighted by Gasteiger charge is 2.17. The van der Waals surface area contributed by atoms with Crippen LogP contribution in [0.3, 0.4) is 0 Å². The summed E-state index contributed by atoms with van der Waals surface area (Å²) >= 11 is 1.65. The van der Waals surface area contributed by atoms with Crippen molar-refractivity contribution < 1.29 is 4.79 Å². The molecule has 4 heteroatoms. The fraction of sp³-hybridized carbons (Fsp3) is 0.238. The van der Waals surface area contributed by atoms with Crippen LogP contribution in [0.1, 0.15) is 6.92 Å². The Morgan fingerprint density at radius 3 is 2.48 bits per heavy atom. The van der Waals surface area contributed by atoms with Crippen molar-refractivity contribution >= 4 is 28.6 Å². The van der Waals surface area contributed by atoms with E-state index in [0.29, 0.717) is 5.75 Å². The molecular weight excluding hydrogens is 328 g/mol. The number of carbonyl (C=O) groups is 1. The van der Waals surface area contributed by atoms with E-state index in [-0.39, 0.29) is 11.8 Å². The van der Waals surface area contributed by atoms with Crippen LogP contribution in [0.5, 0.6) is 0 Å². The number of pyridine rings is 1. The van der Waals surface area contributed by atoms with E-state index < -0.39 is 0 Å². The van der Waals surface area contributed by atoms with Gasteiger partial charge in [-0.1, -0.05) is 55.5 Å². The zero-order valence-corrected chi connectivity index (χ0v) is 15.6. The molecule has 0 saturated carbocycles. The van der Waals surface area contributed by atoms with Crippen molar-refractivity contribution in [1.82, 2.24) is 9.88 Å². The topological polar surface area (TPSA) is 33.2 Å². The number of hydrogen-bond acceptors (Lipinski definition) is 3. The van der Waals surface area contributed by atoms with Crippen LogP contribution in [-0.2, 0) is 4.79 Å². The van der Waals surface area contributed by atoms with Gasteiger partial charge in [0.1, 0.15) is 5.03 Å². The summed E-state index contributed by atoms with van der Waals surface area (Å²) in [5.74, 6) is 0.814. The van der Waals surface area contributed by atoms with Crippen LogP contribution >= 0.6 is 11.8 Å². The van der Waals surface area contributed by atoms with Crippen LogP contribution in [0, 0.1) is 5.92 Å². The largest absolute Gasteiger partial charge is 0.349 e. The molecule has 1 heterocycles. The molecule has 0 saturated heterocycles. The Morgan fingerprint density at radius 1 is 1.08 bits per heavy atom. The fourth-order valence-corrected chi connectivity index (χ4v) is 3.79. The molecule has 128 valence electrons. The summed E-state index contributed by atoms with van der Waals surface area (Å²) in [6, 6.07) is 20.6. The summed E-state index contributed by atoms with van der Waals surface area (Å²) in [4.78, 5) is 18.6. The molecular formula is C21H22N2OS. The predicted molar refractivity (Wildman–Crippen MR) is 106 cm³/mol. The van der Waals surface area contributed by atoms with Gasteiger partial charge in [-0.2, -0.15) is 0 Å². The maximum atomic E-state index is 12.1. The lowest BCUT2D eigenvalue weighted by Gasteiger charge is -2.17. The first-order chi connectivity index (χ1) is 12.1. The van der Waals surface area contributed by atoms with E-state index in [0.717, 1.165) is 27.1 Å². The van der Waals surface area contributed by atoms with Crippen molar-refractivity contribution in [3.63, 3.8) is 0 Å². The highest BCUT2D eigenvalue weighted by molar-refractivity contribution is 7.99. The van der Waals surface area contributed by atoms with Gasteiger partial charge in [-0.3, -0.25) is 4.79 Å². The Hall–Kier alpha value is -2.33. The second kappa shape index (κ2) is 7.70. The van der Waals surface area contributed by atoms with Crippen molar-refractivity contribution in [3.8, 4) is 11.1 Å². The molecule has 2 aromatic carbocycles. The molecule has 3 aromatic rings. The lowest BCUT2D eigenvalue weighted by Crippen LogP contribution is -2.29. The van der Waals surface area contributed by atoms with Gasteiger partial charge in [0.05, 0.1) is 5.52 Å². The molecule has 0 spiro atoms. The number of hydrogen-bond donors (Lipinski definition) is 0. The highest BCUT2D eigenvalue weighted by atomic mass is 32.2. The SMILES string of the molecule is CC(CSc1nc2ccccc2cc1-c1ccccc1)C(=O)N(C)C. The van der Waals surface area contributed by atoms with Crippen LogP contribution in [0.25, 0.3) is 22.0 Å². The number of carbonyl (C=O) groups excluding carboxylic acids is 1. The first-order valence-corrected chi connectivity index (χ1v) is 9.34. The Morgan fingerprint density at radius 2 is 1.76 bits per heavy atom. The maximum absolute atomic E-state index is 12.1. The molecule has 25 heavy (non-hydrogen) atoms. The molecule has 1 atom stereocenters. The second-order valence-electron chi connectivity index (χ2n) is 6.34. The van der Waals surface area contributed by atoms with E-state index in [1.165, 1.54) is 0 Å². The van der Waals surface area contributed by atoms with E-state index in [2.05, 4.69) is 24.3 Å². The van der Waals surface area contributed by atoms with Gasteiger partial charge in [-0.25, -0.2) is 4.98 Å². The summed E-state index contributed by atoms with van der Waals surface area (Å²) in [5, 5.41) is 2.10. The van der Waals surface area contributed by atoms with Gasteiger partial charge in [-0.05, 0) is 17.7 Å². The Kier molecular flexibility index (Phi) is 5.39. The van der Waals surface area contributed by atoms with Gasteiger partial charge in [-0.15, -0.1) is 11.8 Å². The molecule has 1 aromatic heterocycles. The van der Waals surface area contributed by atoms with Gasteiger partial charge in [0, 0.05) is 36.7 Å². The fourth-order valence-electron chi connectivity index (χ4n) is 2.75. The number of benzene rings is 2. The first-order valence-electron chi connectivity index (χ1n) is 8.35. The summed E-state index contributed by atoms with van der Waals surface area (Å²) in [7, 11) is 3.60. The van der Waals surface area contributed by atoms with Gasteiger partial charge in [0.2, 0.25) is 5.91 Å². The van der Waals surface area contributed by atoms with Gasteiger partial charge in [0.15, 0.2) is 0 Å². The summed E-state index contributed by atoms with van der Waals surface area (Å²) in [6.07, 6.45) is 0. The number of thioether (sulfide) groups is 1. The average molecular weight is 350 g/mol. The van der Waals surface area contributed by atoms with E-state index in [4.69, 9.17) is 4.98 Å². The van der Waals surface area contributed by atoms with Crippen molar-refractivity contribution in [3.05, 3.63) is 60.7 Å². The summed E-state index contributed by atoms with van der Waals surface area (Å²) in [6.45, 7) is 1.97. The highest BCUT2D eigenvalue weighted by Crippen LogP contribution is 2.33. The van der Waals surface area contributed by atoms with E-state index >= 15 is 0 Å². The van der Waals surface area contributed by atoms with Crippen molar-refractivity contribution in [2.45, 2.75) is 11.9 Å². The van der Waals surface area contributed by atoms with E-state index in [9.17, 15) is 4.79 Å². The Balaban J connectivity index is 1.96. The van der Waals surface area contributed by atoms with Crippen LogP contribution in [0.2, 0.25) is 0 Å². The minimum atomic E-state index is -0.0445. The number of nitrogens with zero attached hydrogens (tertiary/aromatic N) is 2. The molecule has 0 radical (unpaired) electrons. The molecule has 0 aliphatic heterocycles. The third-order valence-corrected chi connectivity index (χ3v) is 5.36. The number of amides is 1. The zero-order chi connectivity index (χ0) is 17.8. The third-order valence-electron chi connectivity index (χ3n) is 4.11. The molecule has 0 aliphatic rings. The molecule has 1 amide bonds. The zero-order valence-electron chi connectivity index (χ0n) is 14.8. The molecule has 0 aliphatic carbocycles.